The van der Waals surface area contributed by atoms with Crippen molar-refractivity contribution in [2.24, 2.45) is 11.8 Å². The van der Waals surface area contributed by atoms with Crippen LogP contribution >= 0.6 is 11.6 Å². The van der Waals surface area contributed by atoms with Crippen molar-refractivity contribution in [3.8, 4) is 5.75 Å². The van der Waals surface area contributed by atoms with Crippen molar-refractivity contribution in [1.29, 1.82) is 0 Å². The van der Waals surface area contributed by atoms with Crippen LogP contribution in [-0.4, -0.2) is 53.4 Å². The van der Waals surface area contributed by atoms with Gasteiger partial charge in [0.1, 0.15) is 5.75 Å². The Bertz CT molecular complexity index is 878. The van der Waals surface area contributed by atoms with E-state index in [4.69, 9.17) is 21.4 Å². The van der Waals surface area contributed by atoms with E-state index in [0.717, 1.165) is 30.1 Å². The van der Waals surface area contributed by atoms with E-state index in [1.165, 1.54) is 0 Å². The number of rotatable bonds is 8. The predicted molar refractivity (Wildman–Crippen MR) is 121 cm³/mol. The quantitative estimate of drug-likeness (QED) is 0.626. The van der Waals surface area contributed by atoms with Gasteiger partial charge in [-0.05, 0) is 37.0 Å². The second-order valence-electron chi connectivity index (χ2n) is 8.93. The lowest BCUT2D eigenvalue weighted by molar-refractivity contribution is -0.121. The molecule has 7 heteroatoms. The Kier molecular flexibility index (Phi) is 7.42. The molecule has 2 aromatic rings. The first-order valence-corrected chi connectivity index (χ1v) is 11.1. The fourth-order valence-electron chi connectivity index (χ4n) is 3.65. The molecule has 1 saturated heterocycles. The van der Waals surface area contributed by atoms with Gasteiger partial charge in [0, 0.05) is 42.0 Å². The molecule has 1 aromatic carbocycles. The third kappa shape index (κ3) is 5.76. The van der Waals surface area contributed by atoms with Crippen LogP contribution in [0.4, 0.5) is 5.82 Å². The average Bonchev–Trinajstić information content (AvgIpc) is 3.00. The van der Waals surface area contributed by atoms with Crippen molar-refractivity contribution in [2.45, 2.75) is 41.2 Å². The molecule has 0 bridgehead atoms. The van der Waals surface area contributed by atoms with Crippen LogP contribution in [0.5, 0.6) is 5.75 Å². The number of nitrogens with zero attached hydrogens (tertiary/aromatic N) is 4. The van der Waals surface area contributed by atoms with Crippen LogP contribution in [0.25, 0.3) is 0 Å². The first kappa shape index (κ1) is 22.6. The monoisotopic (exact) mass is 432 g/mol. The highest BCUT2D eigenvalue weighted by Crippen LogP contribution is 2.26. The number of hydrogen-bond acceptors (Lipinski definition) is 4. The normalized spacial score (nSPS) is 15.5. The van der Waals surface area contributed by atoms with E-state index in [1.807, 2.05) is 35.9 Å². The molecule has 0 radical (unpaired) electrons. The molecule has 1 fully saturated rings. The number of anilines is 1. The first-order valence-electron chi connectivity index (χ1n) is 10.7. The number of amides is 1. The summed E-state index contributed by atoms with van der Waals surface area (Å²) in [5, 5.41) is 5.41. The number of halogens is 1. The summed E-state index contributed by atoms with van der Waals surface area (Å²) in [7, 11) is 0. The molecule has 1 amide bonds. The van der Waals surface area contributed by atoms with Crippen molar-refractivity contribution in [3.63, 3.8) is 0 Å². The number of carbonyl (C=O) groups is 1. The minimum absolute atomic E-state index is 0.107. The highest BCUT2D eigenvalue weighted by atomic mass is 35.5. The molecule has 0 unspecified atom stereocenters. The van der Waals surface area contributed by atoms with Crippen molar-refractivity contribution in [1.82, 2.24) is 14.7 Å². The summed E-state index contributed by atoms with van der Waals surface area (Å²) in [6.45, 7) is 14.7. The topological polar surface area (TPSA) is 50.6 Å². The van der Waals surface area contributed by atoms with Gasteiger partial charge in [0.2, 0.25) is 5.91 Å². The second-order valence-corrected chi connectivity index (χ2v) is 9.37. The molecule has 6 nitrogen and oxygen atoms in total. The Morgan fingerprint density at radius 3 is 2.57 bits per heavy atom. The average molecular weight is 433 g/mol. The van der Waals surface area contributed by atoms with Gasteiger partial charge in [-0.25, -0.2) is 0 Å². The van der Waals surface area contributed by atoms with Gasteiger partial charge in [0.15, 0.2) is 5.82 Å². The summed E-state index contributed by atoms with van der Waals surface area (Å²) in [6, 6.07) is 7.66. The van der Waals surface area contributed by atoms with Crippen LogP contribution < -0.4 is 9.64 Å². The van der Waals surface area contributed by atoms with E-state index in [0.29, 0.717) is 48.9 Å². The van der Waals surface area contributed by atoms with Gasteiger partial charge in [-0.3, -0.25) is 19.3 Å². The summed E-state index contributed by atoms with van der Waals surface area (Å²) in [6.07, 6.45) is 0. The SMILES string of the molecule is Cc1cc(N2CCN(CC(C)C)CC2=O)nn1Cc1cc(Cl)ccc1OCC(C)C. The van der Waals surface area contributed by atoms with Crippen LogP contribution in [0.1, 0.15) is 39.0 Å². The van der Waals surface area contributed by atoms with Crippen molar-refractivity contribution >= 4 is 23.3 Å². The summed E-state index contributed by atoms with van der Waals surface area (Å²) in [5.74, 6) is 2.63. The maximum Gasteiger partial charge on any atom is 0.242 e. The van der Waals surface area contributed by atoms with Gasteiger partial charge < -0.3 is 4.74 Å². The molecule has 1 aromatic heterocycles. The lowest BCUT2D eigenvalue weighted by Gasteiger charge is -2.33. The van der Waals surface area contributed by atoms with Gasteiger partial charge in [-0.15, -0.1) is 0 Å². The number of carbonyl (C=O) groups excluding carboxylic acids is 1. The molecule has 0 saturated carbocycles. The zero-order valence-corrected chi connectivity index (χ0v) is 19.4. The summed E-state index contributed by atoms with van der Waals surface area (Å²) >= 11 is 6.24. The van der Waals surface area contributed by atoms with Gasteiger partial charge in [0.05, 0.1) is 19.7 Å². The number of aryl methyl sites for hydroxylation is 1. The second kappa shape index (κ2) is 9.84. The minimum atomic E-state index is 0.107. The largest absolute Gasteiger partial charge is 0.493 e. The van der Waals surface area contributed by atoms with Crippen LogP contribution in [0.3, 0.4) is 0 Å². The van der Waals surface area contributed by atoms with Crippen LogP contribution in [0, 0.1) is 18.8 Å². The molecule has 2 heterocycles. The van der Waals surface area contributed by atoms with Gasteiger partial charge >= 0.3 is 0 Å². The molecule has 1 aliphatic rings. The molecule has 1 aliphatic heterocycles. The Balaban J connectivity index is 1.75. The lowest BCUT2D eigenvalue weighted by Crippen LogP contribution is -2.51. The standard InChI is InChI=1S/C23H33ClN4O2/c1-16(2)12-26-8-9-27(23(29)14-26)22-10-18(5)28(25-22)13-19-11-20(24)6-7-21(19)30-15-17(3)4/h6-7,10-11,16-17H,8-9,12-15H2,1-5H3. The zero-order chi connectivity index (χ0) is 21.8. The van der Waals surface area contributed by atoms with E-state index < -0.39 is 0 Å². The predicted octanol–water partition coefficient (Wildman–Crippen LogP) is 4.23. The van der Waals surface area contributed by atoms with Crippen LogP contribution in [-0.2, 0) is 11.3 Å². The zero-order valence-electron chi connectivity index (χ0n) is 18.7. The molecule has 164 valence electrons. The number of benzene rings is 1. The third-order valence-electron chi connectivity index (χ3n) is 5.08. The lowest BCUT2D eigenvalue weighted by atomic mass is 10.2. The van der Waals surface area contributed by atoms with Crippen LogP contribution in [0.2, 0.25) is 5.02 Å². The summed E-state index contributed by atoms with van der Waals surface area (Å²) in [5.41, 5.74) is 1.98. The van der Waals surface area contributed by atoms with E-state index in [-0.39, 0.29) is 5.91 Å². The summed E-state index contributed by atoms with van der Waals surface area (Å²) < 4.78 is 7.89. The maximum atomic E-state index is 12.7. The molecule has 30 heavy (non-hydrogen) atoms. The van der Waals surface area contributed by atoms with E-state index >= 15 is 0 Å². The third-order valence-corrected chi connectivity index (χ3v) is 5.32. The molecule has 0 atom stereocenters. The van der Waals surface area contributed by atoms with E-state index in [9.17, 15) is 4.79 Å². The molecule has 0 spiro atoms. The van der Waals surface area contributed by atoms with Crippen LogP contribution in [0.15, 0.2) is 24.3 Å². The Hall–Kier alpha value is -2.05. The highest BCUT2D eigenvalue weighted by molar-refractivity contribution is 6.30. The smallest absolute Gasteiger partial charge is 0.242 e. The fourth-order valence-corrected chi connectivity index (χ4v) is 3.85. The van der Waals surface area contributed by atoms with Gasteiger partial charge in [-0.2, -0.15) is 5.10 Å². The van der Waals surface area contributed by atoms with Crippen molar-refractivity contribution < 1.29 is 9.53 Å². The molecule has 0 aliphatic carbocycles. The van der Waals surface area contributed by atoms with Gasteiger partial charge in [-0.1, -0.05) is 39.3 Å². The Labute approximate surface area is 184 Å². The molecule has 0 N–H and O–H groups in total. The highest BCUT2D eigenvalue weighted by Gasteiger charge is 2.27. The van der Waals surface area contributed by atoms with Crippen molar-refractivity contribution in [2.75, 3.05) is 37.7 Å². The maximum absolute atomic E-state index is 12.7. The molecular weight excluding hydrogens is 400 g/mol. The first-order chi connectivity index (χ1) is 14.2. The number of hydrogen-bond donors (Lipinski definition) is 0. The number of ether oxygens (including phenoxy) is 1. The van der Waals surface area contributed by atoms with E-state index in [2.05, 4.69) is 32.6 Å². The Morgan fingerprint density at radius 1 is 1.13 bits per heavy atom. The fraction of sp³-hybridized carbons (Fsp3) is 0.565. The molecule has 3 rings (SSSR count). The minimum Gasteiger partial charge on any atom is -0.493 e. The molecular formula is C23H33ClN4O2. The number of piperazine rings is 1. The Morgan fingerprint density at radius 2 is 1.90 bits per heavy atom. The van der Waals surface area contributed by atoms with Crippen molar-refractivity contribution in [3.05, 3.63) is 40.5 Å². The summed E-state index contributed by atoms with van der Waals surface area (Å²) in [4.78, 5) is 16.7. The number of aromatic nitrogens is 2. The van der Waals surface area contributed by atoms with Gasteiger partial charge in [0.25, 0.3) is 0 Å². The van der Waals surface area contributed by atoms with E-state index in [1.54, 1.807) is 4.90 Å².